The van der Waals surface area contributed by atoms with Crippen molar-refractivity contribution in [1.82, 2.24) is 58.6 Å². The maximum atomic E-state index is 13.4. The van der Waals surface area contributed by atoms with Gasteiger partial charge in [0, 0.05) is 34.2 Å². The molecule has 9 aromatic rings. The molecule has 8 N–H and O–H groups in total. The van der Waals surface area contributed by atoms with E-state index < -0.39 is 58.2 Å². The fourth-order valence-corrected chi connectivity index (χ4v) is 10.9. The first-order valence-corrected chi connectivity index (χ1v) is 32.1. The first kappa shape index (κ1) is 65.4. The highest BCUT2D eigenvalue weighted by Gasteiger charge is 2.25. The summed E-state index contributed by atoms with van der Waals surface area (Å²) < 4.78 is 100. The Balaban J connectivity index is 0.000000201. The van der Waals surface area contributed by atoms with Crippen LogP contribution in [0.4, 0.5) is 22.1 Å². The van der Waals surface area contributed by atoms with E-state index in [1.165, 1.54) is 52.4 Å². The molecule has 28 nitrogen and oxygen atoms in total. The van der Waals surface area contributed by atoms with E-state index in [4.69, 9.17) is 54.5 Å². The van der Waals surface area contributed by atoms with Crippen molar-refractivity contribution >= 4 is 73.3 Å². The van der Waals surface area contributed by atoms with Gasteiger partial charge >= 0.3 is 0 Å². The van der Waals surface area contributed by atoms with Gasteiger partial charge in [0.05, 0.1) is 70.6 Å². The number of aromatic amines is 2. The maximum Gasteiger partial charge on any atom is 0.280 e. The Kier molecular flexibility index (Phi) is 23.9. The second-order valence-corrected chi connectivity index (χ2v) is 26.3. The molecule has 0 radical (unpaired) electrons. The number of halogens is 1. The Morgan fingerprint density at radius 2 is 0.952 bits per heavy atom. The van der Waals surface area contributed by atoms with Crippen LogP contribution < -0.4 is 37.4 Å². The predicted molar refractivity (Wildman–Crippen MR) is 316 cm³/mol. The molecule has 0 aliphatic rings. The number of H-pyrrole nitrogens is 2. The van der Waals surface area contributed by atoms with Crippen LogP contribution in [0.2, 0.25) is 0 Å². The van der Waals surface area contributed by atoms with Crippen molar-refractivity contribution in [1.29, 1.82) is 0 Å². The molecular formula is C52H69FN15O13P3. The van der Waals surface area contributed by atoms with E-state index in [1.54, 1.807) is 69.3 Å². The standard InChI is InChI=1S/C18H24N5O5P.C17H22N5O5P.C16H19FN5O3P.CH4/c1-26-10-14(8-23-11-20-15-16(23)21-18(19)22-17(15)24)27-12-29(2,25)28-9-13-6-4-3-5-7-13;1-25-9-13(26-11-28(2,24)27-12-6-4-3-5-7-12)8-22-10-19-14-15(22)20-17(18)21-16(14)23;1-26(23,25-12-5-3-2-4-6-12)11-24-13(7-17)8-22-10-21-14-15(18)19-9-20-16(14)22;/h3-7,11,14H,8-10,12H2,1-2H3,(H3,19,21,22,24);3-7,10,13H,8-9,11H2,1-2H3,(H3,18,20,21,23);2-6,9-10,13H,7-8,11H2,1H3,(H2,18,19,20);1H4/t14-,29?;13-,28?;13-,26?;/m110./s1. The van der Waals surface area contributed by atoms with E-state index >= 15 is 0 Å². The lowest BCUT2D eigenvalue weighted by Gasteiger charge is -2.21. The number of ether oxygens (including phenoxy) is 5. The summed E-state index contributed by atoms with van der Waals surface area (Å²) in [5, 5.41) is 0. The zero-order valence-electron chi connectivity index (χ0n) is 46.0. The van der Waals surface area contributed by atoms with Crippen molar-refractivity contribution in [3.05, 3.63) is 143 Å². The number of benzene rings is 3. The van der Waals surface area contributed by atoms with Crippen LogP contribution in [0.5, 0.6) is 11.5 Å². The largest absolute Gasteiger partial charge is 0.441 e. The Morgan fingerprint density at radius 3 is 1.40 bits per heavy atom. The molecule has 0 amide bonds. The number of imidazole rings is 3. The Hall–Kier alpha value is -7.71. The Morgan fingerprint density at radius 1 is 0.548 bits per heavy atom. The monoisotopic (exact) mass is 1220 g/mol. The minimum atomic E-state index is -3.09. The molecule has 3 aromatic carbocycles. The lowest BCUT2D eigenvalue weighted by atomic mass is 10.2. The van der Waals surface area contributed by atoms with E-state index in [2.05, 4.69) is 44.9 Å². The summed E-state index contributed by atoms with van der Waals surface area (Å²) in [7, 11) is -6.03. The number of para-hydroxylation sites is 2. The normalized spacial score (nSPS) is 14.5. The summed E-state index contributed by atoms with van der Waals surface area (Å²) in [5.74, 6) is 1.24. The summed E-state index contributed by atoms with van der Waals surface area (Å²) in [4.78, 5) is 57.1. The lowest BCUT2D eigenvalue weighted by Crippen LogP contribution is -2.26. The van der Waals surface area contributed by atoms with E-state index in [0.717, 1.165) is 5.56 Å². The maximum absolute atomic E-state index is 13.4. The van der Waals surface area contributed by atoms with Crippen LogP contribution in [0.25, 0.3) is 33.5 Å². The van der Waals surface area contributed by atoms with Gasteiger partial charge in [-0.1, -0.05) is 74.2 Å². The predicted octanol–water partition coefficient (Wildman–Crippen LogP) is 6.84. The summed E-state index contributed by atoms with van der Waals surface area (Å²) in [6.07, 6.45) is 3.65. The van der Waals surface area contributed by atoms with Gasteiger partial charge in [-0.2, -0.15) is 9.97 Å². The van der Waals surface area contributed by atoms with Crippen LogP contribution >= 0.6 is 22.1 Å². The molecule has 0 aliphatic carbocycles. The minimum Gasteiger partial charge on any atom is -0.441 e. The molecule has 0 saturated carbocycles. The lowest BCUT2D eigenvalue weighted by molar-refractivity contribution is 0.00592. The molecule has 0 bridgehead atoms. The minimum absolute atomic E-state index is 0. The van der Waals surface area contributed by atoms with Gasteiger partial charge in [-0.3, -0.25) is 33.3 Å². The molecule has 0 aliphatic heterocycles. The SMILES string of the molecule is C.COC[C@@H](Cn1cnc2c(=O)[nH]c(N)nc21)OCP(C)(=O)OCc1ccccc1.COC[C@@H](Cn1cnc2c(=O)[nH]c(N)nc21)OCP(C)(=O)Oc1ccccc1.CP(=O)(CO[C@@H](CF)Cn1cnc2c(N)ncnc21)Oc1ccccc1. The van der Waals surface area contributed by atoms with Crippen LogP contribution in [0.1, 0.15) is 13.0 Å². The molecule has 0 spiro atoms. The number of aromatic nitrogens is 12. The van der Waals surface area contributed by atoms with Crippen molar-refractivity contribution in [3.8, 4) is 11.5 Å². The van der Waals surface area contributed by atoms with Crippen molar-refractivity contribution in [3.63, 3.8) is 0 Å². The van der Waals surface area contributed by atoms with Gasteiger partial charge in [0.1, 0.15) is 55.2 Å². The highest BCUT2D eigenvalue weighted by molar-refractivity contribution is 7.58. The number of nitrogens with one attached hydrogen (secondary N) is 2. The number of nitrogens with zero attached hydrogens (tertiary/aromatic N) is 10. The van der Waals surface area contributed by atoms with Gasteiger partial charge in [0.25, 0.3) is 25.9 Å². The molecule has 452 valence electrons. The van der Waals surface area contributed by atoms with Crippen LogP contribution in [-0.2, 0) is 68.1 Å². The number of anilines is 3. The number of alkyl halides is 1. The first-order chi connectivity index (χ1) is 39.7. The van der Waals surface area contributed by atoms with Crippen molar-refractivity contribution in [2.45, 2.75) is 52.0 Å². The Bertz CT molecular complexity index is 3780. The van der Waals surface area contributed by atoms with Gasteiger partial charge < -0.3 is 68.2 Å². The molecule has 0 saturated heterocycles. The van der Waals surface area contributed by atoms with Gasteiger partial charge in [-0.05, 0) is 29.8 Å². The van der Waals surface area contributed by atoms with Gasteiger partial charge in [-0.15, -0.1) is 0 Å². The quantitative estimate of drug-likeness (QED) is 0.0329. The molecule has 0 fully saturated rings. The third kappa shape index (κ3) is 19.4. The fraction of sp³-hybridized carbons (Fsp3) is 0.365. The van der Waals surface area contributed by atoms with Gasteiger partial charge in [-0.25, -0.2) is 29.3 Å². The number of nitrogen functional groups attached to an aromatic ring is 3. The van der Waals surface area contributed by atoms with E-state index in [-0.39, 0.29) is 88.1 Å². The summed E-state index contributed by atoms with van der Waals surface area (Å²) in [5.41, 5.74) is 19.0. The van der Waals surface area contributed by atoms with Crippen LogP contribution in [-0.4, -0.2) is 150 Å². The van der Waals surface area contributed by atoms with E-state index in [0.29, 0.717) is 40.5 Å². The van der Waals surface area contributed by atoms with Crippen molar-refractivity contribution in [2.75, 3.05) is 90.3 Å². The third-order valence-electron chi connectivity index (χ3n) is 11.6. The van der Waals surface area contributed by atoms with E-state index in [9.17, 15) is 27.7 Å². The average Bonchev–Trinajstić information content (AvgIpc) is 3.52. The van der Waals surface area contributed by atoms with Crippen LogP contribution in [0, 0.1) is 0 Å². The van der Waals surface area contributed by atoms with Crippen LogP contribution in [0.15, 0.2) is 126 Å². The molecule has 9 rings (SSSR count). The van der Waals surface area contributed by atoms with Crippen molar-refractivity contribution in [2.24, 2.45) is 0 Å². The number of rotatable bonds is 27. The average molecular weight is 1220 g/mol. The van der Waals surface area contributed by atoms with E-state index in [1.807, 2.05) is 42.5 Å². The molecule has 3 unspecified atom stereocenters. The zero-order chi connectivity index (χ0) is 59.6. The summed E-state index contributed by atoms with van der Waals surface area (Å²) in [6.45, 7) is 5.19. The molecular weight excluding hydrogens is 1150 g/mol. The fourth-order valence-electron chi connectivity index (χ4n) is 7.73. The number of methoxy groups -OCH3 is 2. The van der Waals surface area contributed by atoms with Crippen molar-refractivity contribution < 1.29 is 55.3 Å². The van der Waals surface area contributed by atoms with Gasteiger partial charge in [0.2, 0.25) is 19.3 Å². The summed E-state index contributed by atoms with van der Waals surface area (Å²) >= 11 is 0. The first-order valence-electron chi connectivity index (χ1n) is 25.3. The molecule has 6 atom stereocenters. The second-order valence-electron chi connectivity index (χ2n) is 18.8. The van der Waals surface area contributed by atoms with Crippen LogP contribution in [0.3, 0.4) is 0 Å². The summed E-state index contributed by atoms with van der Waals surface area (Å²) in [6, 6.07) is 27.2. The number of hydrogen-bond donors (Lipinski definition) is 5. The van der Waals surface area contributed by atoms with Gasteiger partial charge in [0.15, 0.2) is 33.8 Å². The highest BCUT2D eigenvalue weighted by atomic mass is 31.2. The third-order valence-corrected chi connectivity index (χ3v) is 15.3. The number of hydrogen-bond acceptors (Lipinski definition) is 23. The molecule has 6 aromatic heterocycles. The molecule has 32 heteroatoms. The Labute approximate surface area is 481 Å². The molecule has 6 heterocycles. The topological polar surface area (TPSA) is 374 Å². The smallest absolute Gasteiger partial charge is 0.280 e. The molecule has 84 heavy (non-hydrogen) atoms. The zero-order valence-corrected chi connectivity index (χ0v) is 48.7. The number of nitrogens with two attached hydrogens (primary N) is 3. The highest BCUT2D eigenvalue weighted by Crippen LogP contribution is 2.45. The number of fused-ring (bicyclic) bond motifs is 3. The second kappa shape index (κ2) is 30.7.